The van der Waals surface area contributed by atoms with Crippen LogP contribution < -0.4 is 5.32 Å². The fourth-order valence-corrected chi connectivity index (χ4v) is 5.08. The van der Waals surface area contributed by atoms with Gasteiger partial charge in [-0.15, -0.1) is 11.8 Å². The standard InChI is InChI=1S/C15H26N2OS/c18-15(14-8-2-4-11-19-14)17-10-3-1-7-13(17)12-6-5-9-16-12/h12-14,16H,1-11H2. The summed E-state index contributed by atoms with van der Waals surface area (Å²) in [4.78, 5) is 15.0. The van der Waals surface area contributed by atoms with Crippen molar-refractivity contribution in [2.45, 2.75) is 68.7 Å². The summed E-state index contributed by atoms with van der Waals surface area (Å²) in [5.41, 5.74) is 0. The normalized spacial score (nSPS) is 36.4. The summed E-state index contributed by atoms with van der Waals surface area (Å²) in [5.74, 6) is 1.62. The first-order valence-electron chi connectivity index (χ1n) is 8.02. The Kier molecular flexibility index (Phi) is 4.69. The van der Waals surface area contributed by atoms with Gasteiger partial charge in [-0.2, -0.15) is 0 Å². The van der Waals surface area contributed by atoms with Crippen LogP contribution in [-0.2, 0) is 4.79 Å². The lowest BCUT2D eigenvalue weighted by molar-refractivity contribution is -0.135. The Hall–Kier alpha value is -0.220. The number of rotatable bonds is 2. The van der Waals surface area contributed by atoms with E-state index in [2.05, 4.69) is 10.2 Å². The summed E-state index contributed by atoms with van der Waals surface area (Å²) in [7, 11) is 0. The Labute approximate surface area is 120 Å². The fourth-order valence-electron chi connectivity index (χ4n) is 3.81. The van der Waals surface area contributed by atoms with Gasteiger partial charge in [0.05, 0.1) is 5.25 Å². The van der Waals surface area contributed by atoms with Crippen molar-refractivity contribution >= 4 is 17.7 Å². The molecule has 3 aliphatic rings. The first-order chi connectivity index (χ1) is 9.36. The highest BCUT2D eigenvalue weighted by Crippen LogP contribution is 2.31. The molecule has 3 fully saturated rings. The Morgan fingerprint density at radius 3 is 2.68 bits per heavy atom. The highest BCUT2D eigenvalue weighted by Gasteiger charge is 2.37. The van der Waals surface area contributed by atoms with Crippen LogP contribution in [0.5, 0.6) is 0 Å². The molecule has 0 aromatic carbocycles. The lowest BCUT2D eigenvalue weighted by Gasteiger charge is -2.41. The second-order valence-corrected chi connectivity index (χ2v) is 7.46. The number of nitrogens with one attached hydrogen (secondary N) is 1. The molecule has 108 valence electrons. The van der Waals surface area contributed by atoms with Crippen molar-refractivity contribution in [3.63, 3.8) is 0 Å². The third kappa shape index (κ3) is 3.10. The van der Waals surface area contributed by atoms with Crippen LogP contribution >= 0.6 is 11.8 Å². The molecule has 0 aliphatic carbocycles. The Morgan fingerprint density at radius 2 is 1.95 bits per heavy atom. The van der Waals surface area contributed by atoms with E-state index in [9.17, 15) is 4.79 Å². The molecule has 19 heavy (non-hydrogen) atoms. The van der Waals surface area contributed by atoms with Gasteiger partial charge in [0.15, 0.2) is 0 Å². The SMILES string of the molecule is O=C(C1CCCCS1)N1CCCCC1C1CCCN1. The van der Waals surface area contributed by atoms with E-state index in [0.717, 1.165) is 19.5 Å². The number of thioether (sulfide) groups is 1. The molecule has 4 heteroatoms. The van der Waals surface area contributed by atoms with Gasteiger partial charge in [-0.3, -0.25) is 4.79 Å². The predicted octanol–water partition coefficient (Wildman–Crippen LogP) is 2.41. The van der Waals surface area contributed by atoms with Crippen molar-refractivity contribution in [2.75, 3.05) is 18.8 Å². The summed E-state index contributed by atoms with van der Waals surface area (Å²) >= 11 is 1.90. The predicted molar refractivity (Wildman–Crippen MR) is 80.5 cm³/mol. The van der Waals surface area contributed by atoms with Gasteiger partial charge in [0.1, 0.15) is 0 Å². The lowest BCUT2D eigenvalue weighted by Crippen LogP contribution is -2.54. The highest BCUT2D eigenvalue weighted by atomic mass is 32.2. The lowest BCUT2D eigenvalue weighted by atomic mass is 9.94. The minimum Gasteiger partial charge on any atom is -0.337 e. The average molecular weight is 282 g/mol. The molecular weight excluding hydrogens is 256 g/mol. The van der Waals surface area contributed by atoms with Gasteiger partial charge in [-0.1, -0.05) is 6.42 Å². The molecule has 3 heterocycles. The zero-order chi connectivity index (χ0) is 13.1. The van der Waals surface area contributed by atoms with Gasteiger partial charge in [0.2, 0.25) is 5.91 Å². The number of carbonyl (C=O) groups excluding carboxylic acids is 1. The Morgan fingerprint density at radius 1 is 1.05 bits per heavy atom. The fraction of sp³-hybridized carbons (Fsp3) is 0.933. The van der Waals surface area contributed by atoms with E-state index >= 15 is 0 Å². The molecule has 0 radical (unpaired) electrons. The number of likely N-dealkylation sites (tertiary alicyclic amines) is 1. The second kappa shape index (κ2) is 6.49. The van der Waals surface area contributed by atoms with E-state index in [1.165, 1.54) is 50.7 Å². The molecule has 1 N–H and O–H groups in total. The summed E-state index contributed by atoms with van der Waals surface area (Å²) in [6, 6.07) is 1.05. The molecule has 3 unspecified atom stereocenters. The van der Waals surface area contributed by atoms with Gasteiger partial charge in [-0.25, -0.2) is 0 Å². The second-order valence-electron chi connectivity index (χ2n) is 6.15. The van der Waals surface area contributed by atoms with Gasteiger partial charge < -0.3 is 10.2 Å². The molecule has 3 saturated heterocycles. The Balaban J connectivity index is 1.66. The number of piperidine rings is 1. The van der Waals surface area contributed by atoms with E-state index < -0.39 is 0 Å². The van der Waals surface area contributed by atoms with Crippen LogP contribution in [0.4, 0.5) is 0 Å². The Bertz CT molecular complexity index is 311. The van der Waals surface area contributed by atoms with Gasteiger partial charge in [-0.05, 0) is 57.2 Å². The molecule has 1 amide bonds. The molecule has 0 saturated carbocycles. The first-order valence-corrected chi connectivity index (χ1v) is 9.06. The van der Waals surface area contributed by atoms with E-state index in [1.807, 2.05) is 11.8 Å². The van der Waals surface area contributed by atoms with Crippen LogP contribution in [0.2, 0.25) is 0 Å². The van der Waals surface area contributed by atoms with Crippen molar-refractivity contribution in [3.8, 4) is 0 Å². The van der Waals surface area contributed by atoms with Crippen molar-refractivity contribution in [1.29, 1.82) is 0 Å². The smallest absolute Gasteiger partial charge is 0.235 e. The van der Waals surface area contributed by atoms with Crippen LogP contribution in [-0.4, -0.2) is 47.0 Å². The highest BCUT2D eigenvalue weighted by molar-refractivity contribution is 8.00. The van der Waals surface area contributed by atoms with Gasteiger partial charge in [0.25, 0.3) is 0 Å². The maximum atomic E-state index is 12.8. The van der Waals surface area contributed by atoms with E-state index in [-0.39, 0.29) is 5.25 Å². The largest absolute Gasteiger partial charge is 0.337 e. The molecular formula is C15H26N2OS. The zero-order valence-corrected chi connectivity index (χ0v) is 12.6. The third-order valence-electron chi connectivity index (χ3n) is 4.85. The molecule has 3 aliphatic heterocycles. The summed E-state index contributed by atoms with van der Waals surface area (Å²) in [5, 5.41) is 3.87. The number of hydrogen-bond acceptors (Lipinski definition) is 3. The quantitative estimate of drug-likeness (QED) is 0.844. The van der Waals surface area contributed by atoms with Crippen LogP contribution in [0.25, 0.3) is 0 Å². The molecule has 0 bridgehead atoms. The maximum absolute atomic E-state index is 12.8. The third-order valence-corrected chi connectivity index (χ3v) is 6.21. The number of carbonyl (C=O) groups is 1. The van der Waals surface area contributed by atoms with Gasteiger partial charge >= 0.3 is 0 Å². The minimum atomic E-state index is 0.260. The van der Waals surface area contributed by atoms with Crippen molar-refractivity contribution < 1.29 is 4.79 Å². The molecule has 0 spiro atoms. The zero-order valence-electron chi connectivity index (χ0n) is 11.8. The van der Waals surface area contributed by atoms with Crippen LogP contribution in [0, 0.1) is 0 Å². The monoisotopic (exact) mass is 282 g/mol. The van der Waals surface area contributed by atoms with E-state index in [4.69, 9.17) is 0 Å². The van der Waals surface area contributed by atoms with Crippen molar-refractivity contribution in [2.24, 2.45) is 0 Å². The number of nitrogens with zero attached hydrogens (tertiary/aromatic N) is 1. The number of amides is 1. The van der Waals surface area contributed by atoms with Crippen molar-refractivity contribution in [1.82, 2.24) is 10.2 Å². The molecule has 3 rings (SSSR count). The topological polar surface area (TPSA) is 32.3 Å². The van der Waals surface area contributed by atoms with E-state index in [0.29, 0.717) is 18.0 Å². The molecule has 3 nitrogen and oxygen atoms in total. The minimum absolute atomic E-state index is 0.260. The van der Waals surface area contributed by atoms with Crippen LogP contribution in [0.1, 0.15) is 51.4 Å². The summed E-state index contributed by atoms with van der Waals surface area (Å²) in [6.07, 6.45) is 9.88. The molecule has 0 aromatic heterocycles. The maximum Gasteiger partial charge on any atom is 0.235 e. The average Bonchev–Trinajstić information content (AvgIpc) is 3.01. The van der Waals surface area contributed by atoms with E-state index in [1.54, 1.807) is 0 Å². The number of hydrogen-bond donors (Lipinski definition) is 1. The van der Waals surface area contributed by atoms with Crippen LogP contribution in [0.15, 0.2) is 0 Å². The van der Waals surface area contributed by atoms with Crippen LogP contribution in [0.3, 0.4) is 0 Å². The van der Waals surface area contributed by atoms with Crippen molar-refractivity contribution in [3.05, 3.63) is 0 Å². The summed E-state index contributed by atoms with van der Waals surface area (Å²) < 4.78 is 0. The van der Waals surface area contributed by atoms with Gasteiger partial charge in [0, 0.05) is 18.6 Å². The molecule has 3 atom stereocenters. The summed E-state index contributed by atoms with van der Waals surface area (Å²) in [6.45, 7) is 2.14. The molecule has 0 aromatic rings. The first kappa shape index (κ1) is 13.7.